The fourth-order valence-electron chi connectivity index (χ4n) is 2.47. The Bertz CT molecular complexity index is 675. The van der Waals surface area contributed by atoms with Gasteiger partial charge in [0.2, 0.25) is 0 Å². The van der Waals surface area contributed by atoms with Crippen molar-refractivity contribution in [1.82, 2.24) is 14.7 Å². The predicted molar refractivity (Wildman–Crippen MR) is 79.8 cm³/mol. The molecule has 0 radical (unpaired) electrons. The number of nitrogens with one attached hydrogen (secondary N) is 1. The second-order valence-corrected chi connectivity index (χ2v) is 5.68. The minimum Gasteiger partial charge on any atom is -0.319 e. The van der Waals surface area contributed by atoms with E-state index in [1.54, 1.807) is 17.4 Å². The molecule has 104 valence electrons. The zero-order valence-corrected chi connectivity index (χ0v) is 12.0. The zero-order chi connectivity index (χ0) is 13.9. The van der Waals surface area contributed by atoms with E-state index in [0.29, 0.717) is 0 Å². The molecule has 5 heteroatoms. The van der Waals surface area contributed by atoms with Crippen LogP contribution in [0.25, 0.3) is 4.96 Å². The van der Waals surface area contributed by atoms with E-state index >= 15 is 0 Å². The molecule has 0 saturated carbocycles. The molecule has 0 aliphatic rings. The van der Waals surface area contributed by atoms with Gasteiger partial charge in [-0.2, -0.15) is 0 Å². The van der Waals surface area contributed by atoms with Gasteiger partial charge in [0.1, 0.15) is 5.82 Å². The summed E-state index contributed by atoms with van der Waals surface area (Å²) < 4.78 is 16.0. The minimum absolute atomic E-state index is 0.0887. The molecule has 1 atom stereocenters. The van der Waals surface area contributed by atoms with E-state index in [0.717, 1.165) is 29.2 Å². The molecule has 20 heavy (non-hydrogen) atoms. The second-order valence-electron chi connectivity index (χ2n) is 4.81. The van der Waals surface area contributed by atoms with E-state index < -0.39 is 0 Å². The van der Waals surface area contributed by atoms with E-state index in [1.165, 1.54) is 6.07 Å². The van der Waals surface area contributed by atoms with Crippen molar-refractivity contribution in [2.75, 3.05) is 13.6 Å². The third-order valence-corrected chi connectivity index (χ3v) is 4.16. The van der Waals surface area contributed by atoms with E-state index in [1.807, 2.05) is 41.4 Å². The number of hydrogen-bond donors (Lipinski definition) is 1. The number of halogens is 1. The molecule has 1 aromatic carbocycles. The average molecular weight is 289 g/mol. The van der Waals surface area contributed by atoms with Crippen LogP contribution in [-0.2, 0) is 6.42 Å². The topological polar surface area (TPSA) is 29.3 Å². The van der Waals surface area contributed by atoms with Gasteiger partial charge in [0, 0.05) is 30.2 Å². The molecule has 0 aliphatic heterocycles. The van der Waals surface area contributed by atoms with E-state index in [2.05, 4.69) is 10.3 Å². The molecule has 1 N–H and O–H groups in total. The standard InChI is InChI=1S/C15H16FN3S/c1-17-9-11(13-4-2-3-5-14(13)16)8-12-10-19-6-7-20-15(19)18-12/h2-7,10-11,17H,8-9H2,1H3. The van der Waals surface area contributed by atoms with Crippen LogP contribution in [0.5, 0.6) is 0 Å². The number of aromatic nitrogens is 2. The summed E-state index contributed by atoms with van der Waals surface area (Å²) in [6.45, 7) is 0.728. The number of likely N-dealkylation sites (N-methyl/N-ethyl adjacent to an activating group) is 1. The average Bonchev–Trinajstić information content (AvgIpc) is 3.00. The highest BCUT2D eigenvalue weighted by atomic mass is 32.1. The number of nitrogens with zero attached hydrogens (tertiary/aromatic N) is 2. The highest BCUT2D eigenvalue weighted by Crippen LogP contribution is 2.23. The second kappa shape index (κ2) is 5.73. The van der Waals surface area contributed by atoms with Crippen LogP contribution in [0, 0.1) is 5.82 Å². The summed E-state index contributed by atoms with van der Waals surface area (Å²) in [5.41, 5.74) is 1.75. The molecule has 2 aromatic heterocycles. The number of rotatable bonds is 5. The molecule has 0 aliphatic carbocycles. The normalized spacial score (nSPS) is 12.9. The van der Waals surface area contributed by atoms with Gasteiger partial charge >= 0.3 is 0 Å². The Morgan fingerprint density at radius 2 is 2.25 bits per heavy atom. The molecule has 0 saturated heterocycles. The van der Waals surface area contributed by atoms with E-state index in [4.69, 9.17) is 0 Å². The van der Waals surface area contributed by atoms with E-state index in [9.17, 15) is 4.39 Å². The lowest BCUT2D eigenvalue weighted by Gasteiger charge is -2.16. The first-order valence-electron chi connectivity index (χ1n) is 6.58. The highest BCUT2D eigenvalue weighted by Gasteiger charge is 2.17. The van der Waals surface area contributed by atoms with Crippen molar-refractivity contribution < 1.29 is 4.39 Å². The fraction of sp³-hybridized carbons (Fsp3) is 0.267. The lowest BCUT2D eigenvalue weighted by Crippen LogP contribution is -2.20. The SMILES string of the molecule is CNCC(Cc1cn2ccsc2n1)c1ccccc1F. The van der Waals surface area contributed by atoms with Crippen LogP contribution in [0.3, 0.4) is 0 Å². The smallest absolute Gasteiger partial charge is 0.193 e. The van der Waals surface area contributed by atoms with Crippen LogP contribution < -0.4 is 5.32 Å². The highest BCUT2D eigenvalue weighted by molar-refractivity contribution is 7.15. The first-order valence-corrected chi connectivity index (χ1v) is 7.46. The molecular formula is C15H16FN3S. The van der Waals surface area contributed by atoms with Crippen LogP contribution in [0.4, 0.5) is 4.39 Å². The minimum atomic E-state index is -0.145. The van der Waals surface area contributed by atoms with E-state index in [-0.39, 0.29) is 11.7 Å². The molecule has 3 rings (SSSR count). The fourth-order valence-corrected chi connectivity index (χ4v) is 3.19. The summed E-state index contributed by atoms with van der Waals surface area (Å²) in [5.74, 6) is -0.0559. The third kappa shape index (κ3) is 2.59. The van der Waals surface area contributed by atoms with Gasteiger partial charge in [-0.05, 0) is 25.1 Å². The van der Waals surface area contributed by atoms with Crippen molar-refractivity contribution in [3.8, 4) is 0 Å². The van der Waals surface area contributed by atoms with Crippen LogP contribution in [0.2, 0.25) is 0 Å². The van der Waals surface area contributed by atoms with Gasteiger partial charge in [0.05, 0.1) is 5.69 Å². The monoisotopic (exact) mass is 289 g/mol. The number of thiazole rings is 1. The van der Waals surface area contributed by atoms with Crippen molar-refractivity contribution in [2.24, 2.45) is 0 Å². The molecule has 0 bridgehead atoms. The van der Waals surface area contributed by atoms with Gasteiger partial charge in [-0.25, -0.2) is 9.37 Å². The summed E-state index contributed by atoms with van der Waals surface area (Å²) in [6, 6.07) is 6.98. The summed E-state index contributed by atoms with van der Waals surface area (Å²) in [7, 11) is 1.89. The molecular weight excluding hydrogens is 273 g/mol. The zero-order valence-electron chi connectivity index (χ0n) is 11.2. The maximum Gasteiger partial charge on any atom is 0.193 e. The lowest BCUT2D eigenvalue weighted by molar-refractivity contribution is 0.554. The van der Waals surface area contributed by atoms with Crippen molar-refractivity contribution >= 4 is 16.3 Å². The van der Waals surface area contributed by atoms with Crippen LogP contribution >= 0.6 is 11.3 Å². The van der Waals surface area contributed by atoms with Crippen LogP contribution in [-0.4, -0.2) is 23.0 Å². The Balaban J connectivity index is 1.87. The number of imidazole rings is 1. The summed E-state index contributed by atoms with van der Waals surface area (Å²) in [4.78, 5) is 5.56. The predicted octanol–water partition coefficient (Wildman–Crippen LogP) is 3.08. The molecule has 0 amide bonds. The van der Waals surface area contributed by atoms with Crippen molar-refractivity contribution in [3.05, 3.63) is 59.1 Å². The van der Waals surface area contributed by atoms with Crippen molar-refractivity contribution in [1.29, 1.82) is 0 Å². The Kier molecular flexibility index (Phi) is 3.80. The van der Waals surface area contributed by atoms with Crippen molar-refractivity contribution in [2.45, 2.75) is 12.3 Å². The van der Waals surface area contributed by atoms with Crippen molar-refractivity contribution in [3.63, 3.8) is 0 Å². The Labute approximate surface area is 121 Å². The Morgan fingerprint density at radius 3 is 3.00 bits per heavy atom. The van der Waals surface area contributed by atoms with Gasteiger partial charge in [0.25, 0.3) is 0 Å². The molecule has 3 nitrogen and oxygen atoms in total. The number of fused-ring (bicyclic) bond motifs is 1. The molecule has 1 unspecified atom stereocenters. The number of hydrogen-bond acceptors (Lipinski definition) is 3. The van der Waals surface area contributed by atoms with Gasteiger partial charge in [-0.15, -0.1) is 11.3 Å². The molecule has 3 aromatic rings. The lowest BCUT2D eigenvalue weighted by atomic mass is 9.94. The van der Waals surface area contributed by atoms with Crippen LogP contribution in [0.1, 0.15) is 17.2 Å². The largest absolute Gasteiger partial charge is 0.319 e. The first-order chi connectivity index (χ1) is 9.78. The van der Waals surface area contributed by atoms with Gasteiger partial charge in [0.15, 0.2) is 4.96 Å². The molecule has 0 spiro atoms. The summed E-state index contributed by atoms with van der Waals surface area (Å²) in [6.07, 6.45) is 4.75. The maximum absolute atomic E-state index is 14.0. The Morgan fingerprint density at radius 1 is 1.40 bits per heavy atom. The third-order valence-electron chi connectivity index (χ3n) is 3.39. The molecule has 0 fully saturated rings. The Hall–Kier alpha value is -1.72. The van der Waals surface area contributed by atoms with Gasteiger partial charge < -0.3 is 5.32 Å². The number of benzene rings is 1. The van der Waals surface area contributed by atoms with Gasteiger partial charge in [-0.1, -0.05) is 18.2 Å². The molecule has 2 heterocycles. The first kappa shape index (κ1) is 13.3. The quantitative estimate of drug-likeness (QED) is 0.782. The van der Waals surface area contributed by atoms with Crippen LogP contribution in [0.15, 0.2) is 42.0 Å². The maximum atomic E-state index is 14.0. The summed E-state index contributed by atoms with van der Waals surface area (Å²) in [5, 5.41) is 5.15. The summed E-state index contributed by atoms with van der Waals surface area (Å²) >= 11 is 1.61. The van der Waals surface area contributed by atoms with Gasteiger partial charge in [-0.3, -0.25) is 4.40 Å².